The van der Waals surface area contributed by atoms with Crippen molar-refractivity contribution in [1.82, 2.24) is 14.8 Å². The fourth-order valence-electron chi connectivity index (χ4n) is 4.06. The summed E-state index contributed by atoms with van der Waals surface area (Å²) in [6.07, 6.45) is 5.62. The van der Waals surface area contributed by atoms with E-state index < -0.39 is 16.1 Å². The van der Waals surface area contributed by atoms with E-state index in [1.807, 2.05) is 0 Å². The quantitative estimate of drug-likeness (QED) is 0.878. The minimum absolute atomic E-state index is 0.0956. The number of nitrogens with zero attached hydrogens (tertiary/aromatic N) is 2. The number of nitrogens with one attached hydrogen (secondary N) is 1. The summed E-state index contributed by atoms with van der Waals surface area (Å²) in [5.74, 6) is 0.530. The molecule has 0 aromatic carbocycles. The van der Waals surface area contributed by atoms with Gasteiger partial charge < -0.3 is 9.84 Å². The number of rotatable bonds is 4. The molecule has 1 aliphatic carbocycles. The van der Waals surface area contributed by atoms with Gasteiger partial charge in [0.05, 0.1) is 0 Å². The van der Waals surface area contributed by atoms with Gasteiger partial charge in [-0.05, 0) is 45.4 Å². The number of hydrogen-bond donors (Lipinski definition) is 1. The highest BCUT2D eigenvalue weighted by atomic mass is 32.2. The van der Waals surface area contributed by atoms with Crippen molar-refractivity contribution >= 4 is 15.9 Å². The van der Waals surface area contributed by atoms with Crippen LogP contribution in [0.4, 0.5) is 0 Å². The molecule has 2 fully saturated rings. The van der Waals surface area contributed by atoms with Crippen LogP contribution >= 0.6 is 0 Å². The highest BCUT2D eigenvalue weighted by Gasteiger charge is 2.42. The van der Waals surface area contributed by atoms with Gasteiger partial charge >= 0.3 is 0 Å². The van der Waals surface area contributed by atoms with Gasteiger partial charge in [0, 0.05) is 12.6 Å². The van der Waals surface area contributed by atoms with Gasteiger partial charge in [-0.2, -0.15) is 4.31 Å². The summed E-state index contributed by atoms with van der Waals surface area (Å²) in [6, 6.07) is -0.502. The van der Waals surface area contributed by atoms with Crippen molar-refractivity contribution in [3.8, 4) is 0 Å². The average molecular weight is 369 g/mol. The maximum Gasteiger partial charge on any atom is 0.249 e. The Morgan fingerprint density at radius 1 is 1.20 bits per heavy atom. The molecule has 3 atom stereocenters. The predicted octanol–water partition coefficient (Wildman–Crippen LogP) is 2.14. The third kappa shape index (κ3) is 3.46. The Balaban J connectivity index is 1.79. The van der Waals surface area contributed by atoms with Crippen molar-refractivity contribution in [1.29, 1.82) is 0 Å². The monoisotopic (exact) mass is 369 g/mol. The smallest absolute Gasteiger partial charge is 0.249 e. The largest absolute Gasteiger partial charge is 0.360 e. The molecule has 1 aromatic heterocycles. The van der Waals surface area contributed by atoms with E-state index in [4.69, 9.17) is 4.52 Å². The number of amides is 1. The molecule has 1 saturated carbocycles. The Labute approximate surface area is 149 Å². The summed E-state index contributed by atoms with van der Waals surface area (Å²) >= 11 is 0. The molecular weight excluding hydrogens is 342 g/mol. The van der Waals surface area contributed by atoms with Crippen LogP contribution in [0.2, 0.25) is 0 Å². The van der Waals surface area contributed by atoms with E-state index in [1.54, 1.807) is 13.8 Å². The lowest BCUT2D eigenvalue weighted by Crippen LogP contribution is -2.50. The number of sulfonamides is 1. The molecule has 1 saturated heterocycles. The van der Waals surface area contributed by atoms with Gasteiger partial charge in [0.15, 0.2) is 5.76 Å². The molecule has 2 heterocycles. The van der Waals surface area contributed by atoms with Gasteiger partial charge in [-0.15, -0.1) is 0 Å². The van der Waals surface area contributed by atoms with Crippen LogP contribution < -0.4 is 5.32 Å². The van der Waals surface area contributed by atoms with Crippen LogP contribution in [0.1, 0.15) is 56.9 Å². The van der Waals surface area contributed by atoms with Crippen molar-refractivity contribution in [2.24, 2.45) is 5.92 Å². The van der Waals surface area contributed by atoms with E-state index in [1.165, 1.54) is 10.7 Å². The van der Waals surface area contributed by atoms with Gasteiger partial charge in [-0.3, -0.25) is 4.79 Å². The molecular formula is C17H27N3O4S. The lowest BCUT2D eigenvalue weighted by molar-refractivity contribution is -0.125. The molecule has 0 bridgehead atoms. The zero-order valence-corrected chi connectivity index (χ0v) is 15.9. The average Bonchev–Trinajstić information content (AvgIpc) is 3.17. The van der Waals surface area contributed by atoms with Gasteiger partial charge in [0.2, 0.25) is 15.9 Å². The SMILES string of the molecule is Cc1noc(C)c1S(=O)(=O)N1CCC[C@@H]1C(=O)N[C@@H]1CCCC[C@H]1C. The minimum atomic E-state index is -3.79. The predicted molar refractivity (Wildman–Crippen MR) is 92.5 cm³/mol. The van der Waals surface area contributed by atoms with Crippen LogP contribution in [0.15, 0.2) is 9.42 Å². The summed E-state index contributed by atoms with van der Waals surface area (Å²) in [6.45, 7) is 5.70. The number of carbonyl (C=O) groups excluding carboxylic acids is 1. The second kappa shape index (κ2) is 7.07. The highest BCUT2D eigenvalue weighted by Crippen LogP contribution is 2.30. The van der Waals surface area contributed by atoms with Crippen molar-refractivity contribution in [2.45, 2.75) is 76.3 Å². The zero-order chi connectivity index (χ0) is 18.2. The molecule has 2 aliphatic rings. The molecule has 140 valence electrons. The second-order valence-corrected chi connectivity index (χ2v) is 9.13. The maximum atomic E-state index is 13.1. The second-order valence-electron chi connectivity index (χ2n) is 7.30. The summed E-state index contributed by atoms with van der Waals surface area (Å²) in [7, 11) is -3.79. The third-order valence-corrected chi connectivity index (χ3v) is 7.63. The van der Waals surface area contributed by atoms with E-state index >= 15 is 0 Å². The van der Waals surface area contributed by atoms with Crippen LogP contribution in [0.5, 0.6) is 0 Å². The Bertz CT molecular complexity index is 724. The Hall–Kier alpha value is -1.41. The first-order valence-corrected chi connectivity index (χ1v) is 10.5. The number of aryl methyl sites for hydroxylation is 2. The van der Waals surface area contributed by atoms with Gasteiger partial charge in [-0.25, -0.2) is 8.42 Å². The summed E-state index contributed by atoms with van der Waals surface area (Å²) < 4.78 is 32.4. The van der Waals surface area contributed by atoms with Crippen LogP contribution in [0.3, 0.4) is 0 Å². The van der Waals surface area contributed by atoms with Crippen molar-refractivity contribution < 1.29 is 17.7 Å². The van der Waals surface area contributed by atoms with E-state index in [0.29, 0.717) is 31.0 Å². The molecule has 0 spiro atoms. The van der Waals surface area contributed by atoms with Gasteiger partial charge in [0.1, 0.15) is 16.6 Å². The molecule has 1 N–H and O–H groups in total. The molecule has 1 amide bonds. The molecule has 0 unspecified atom stereocenters. The molecule has 25 heavy (non-hydrogen) atoms. The third-order valence-electron chi connectivity index (χ3n) is 5.48. The minimum Gasteiger partial charge on any atom is -0.360 e. The fourth-order valence-corrected chi connectivity index (χ4v) is 6.01. The first-order valence-electron chi connectivity index (χ1n) is 9.07. The molecule has 3 rings (SSSR count). The number of hydrogen-bond acceptors (Lipinski definition) is 5. The topological polar surface area (TPSA) is 92.5 Å². The van der Waals surface area contributed by atoms with Crippen LogP contribution in [-0.4, -0.2) is 42.4 Å². The van der Waals surface area contributed by atoms with Gasteiger partial charge in [0.25, 0.3) is 0 Å². The summed E-state index contributed by atoms with van der Waals surface area (Å²) in [5, 5.41) is 6.85. The van der Waals surface area contributed by atoms with E-state index in [2.05, 4.69) is 17.4 Å². The van der Waals surface area contributed by atoms with Gasteiger partial charge in [-0.1, -0.05) is 24.9 Å². The van der Waals surface area contributed by atoms with Crippen LogP contribution in [0, 0.1) is 19.8 Å². The van der Waals surface area contributed by atoms with Crippen molar-refractivity contribution in [3.05, 3.63) is 11.5 Å². The Morgan fingerprint density at radius 3 is 2.56 bits per heavy atom. The summed E-state index contributed by atoms with van der Waals surface area (Å²) in [5.41, 5.74) is 0.337. The standard InChI is InChI=1S/C17H27N3O4S/c1-11-7-4-5-8-14(11)18-17(21)15-9-6-10-20(15)25(22,23)16-12(2)19-24-13(16)3/h11,14-15H,4-10H2,1-3H3,(H,18,21)/t11-,14-,15-/m1/s1. The molecule has 0 radical (unpaired) electrons. The van der Waals surface area contributed by atoms with E-state index in [-0.39, 0.29) is 22.6 Å². The molecule has 1 aromatic rings. The van der Waals surface area contributed by atoms with E-state index in [9.17, 15) is 13.2 Å². The molecule has 7 nitrogen and oxygen atoms in total. The van der Waals surface area contributed by atoms with Crippen molar-refractivity contribution in [3.63, 3.8) is 0 Å². The van der Waals surface area contributed by atoms with Crippen molar-refractivity contribution in [2.75, 3.05) is 6.54 Å². The normalized spacial score (nSPS) is 28.2. The highest BCUT2D eigenvalue weighted by molar-refractivity contribution is 7.89. The zero-order valence-electron chi connectivity index (χ0n) is 15.1. The maximum absolute atomic E-state index is 13.1. The number of carbonyl (C=O) groups is 1. The lowest BCUT2D eigenvalue weighted by Gasteiger charge is -2.31. The number of aromatic nitrogens is 1. The molecule has 8 heteroatoms. The van der Waals surface area contributed by atoms with Crippen LogP contribution in [-0.2, 0) is 14.8 Å². The molecule has 1 aliphatic heterocycles. The Morgan fingerprint density at radius 2 is 1.92 bits per heavy atom. The first-order chi connectivity index (χ1) is 11.8. The Kier molecular flexibility index (Phi) is 5.20. The lowest BCUT2D eigenvalue weighted by atomic mass is 9.86. The first kappa shape index (κ1) is 18.4. The van der Waals surface area contributed by atoms with E-state index in [0.717, 1.165) is 19.3 Å². The van der Waals surface area contributed by atoms with Crippen LogP contribution in [0.25, 0.3) is 0 Å². The summed E-state index contributed by atoms with van der Waals surface area (Å²) in [4.78, 5) is 12.9. The fraction of sp³-hybridized carbons (Fsp3) is 0.765.